The second-order valence-corrected chi connectivity index (χ2v) is 4.74. The van der Waals surface area contributed by atoms with Crippen molar-refractivity contribution in [1.29, 1.82) is 0 Å². The molecule has 3 heteroatoms. The van der Waals surface area contributed by atoms with Gasteiger partial charge in [0.05, 0.1) is 0 Å². The molecule has 0 bridgehead atoms. The number of hydrogen-bond acceptors (Lipinski definition) is 2. The highest BCUT2D eigenvalue weighted by molar-refractivity contribution is 9.09. The van der Waals surface area contributed by atoms with E-state index in [1.807, 2.05) is 12.1 Å². The van der Waals surface area contributed by atoms with Crippen molar-refractivity contribution < 1.29 is 5.11 Å². The molecule has 1 rings (SSSR count). The maximum Gasteiger partial charge on any atom is 0.115 e. The number of aromatic hydroxyl groups is 1. The van der Waals surface area contributed by atoms with Crippen LogP contribution in [0.1, 0.15) is 31.2 Å². The lowest BCUT2D eigenvalue weighted by Gasteiger charge is -2.05. The largest absolute Gasteiger partial charge is 0.508 e. The Labute approximate surface area is 106 Å². The van der Waals surface area contributed by atoms with Gasteiger partial charge in [0.2, 0.25) is 0 Å². The highest BCUT2D eigenvalue weighted by Crippen LogP contribution is 2.10. The molecule has 0 amide bonds. The minimum absolute atomic E-state index is 0.344. The monoisotopic (exact) mass is 285 g/mol. The first kappa shape index (κ1) is 13.5. The lowest BCUT2D eigenvalue weighted by atomic mass is 10.2. The van der Waals surface area contributed by atoms with Crippen molar-refractivity contribution in [2.45, 2.75) is 32.2 Å². The highest BCUT2D eigenvalue weighted by Gasteiger charge is 1.94. The molecule has 2 N–H and O–H groups in total. The first-order chi connectivity index (χ1) is 7.83. The van der Waals surface area contributed by atoms with Crippen LogP contribution in [0.2, 0.25) is 0 Å². The first-order valence-corrected chi connectivity index (χ1v) is 6.99. The topological polar surface area (TPSA) is 32.3 Å². The Bertz CT molecular complexity index is 291. The zero-order chi connectivity index (χ0) is 11.6. The van der Waals surface area contributed by atoms with Crippen LogP contribution in [0.5, 0.6) is 5.75 Å². The minimum atomic E-state index is 0.344. The molecule has 0 aliphatic heterocycles. The Morgan fingerprint density at radius 1 is 1.12 bits per heavy atom. The van der Waals surface area contributed by atoms with Crippen LogP contribution in [0, 0.1) is 0 Å². The van der Waals surface area contributed by atoms with Gasteiger partial charge in [-0.15, -0.1) is 0 Å². The van der Waals surface area contributed by atoms with E-state index in [1.165, 1.54) is 25.7 Å². The normalized spacial score (nSPS) is 10.6. The molecular weight excluding hydrogens is 266 g/mol. The summed E-state index contributed by atoms with van der Waals surface area (Å²) in [5.74, 6) is 0.344. The number of phenols is 1. The van der Waals surface area contributed by atoms with E-state index in [9.17, 15) is 5.11 Å². The Kier molecular flexibility index (Phi) is 7.26. The predicted molar refractivity (Wildman–Crippen MR) is 72.1 cm³/mol. The van der Waals surface area contributed by atoms with E-state index in [0.717, 1.165) is 24.0 Å². The molecule has 0 spiro atoms. The van der Waals surface area contributed by atoms with Gasteiger partial charge in [-0.3, -0.25) is 0 Å². The molecule has 1 aromatic rings. The van der Waals surface area contributed by atoms with Crippen molar-refractivity contribution >= 4 is 15.9 Å². The van der Waals surface area contributed by atoms with Crippen molar-refractivity contribution in [2.24, 2.45) is 0 Å². The average Bonchev–Trinajstić information content (AvgIpc) is 2.28. The fourth-order valence-corrected chi connectivity index (χ4v) is 1.99. The second-order valence-electron chi connectivity index (χ2n) is 3.95. The predicted octanol–water partition coefficient (Wildman–Crippen LogP) is 3.44. The molecule has 16 heavy (non-hydrogen) atoms. The molecule has 0 heterocycles. The third kappa shape index (κ3) is 6.13. The zero-order valence-electron chi connectivity index (χ0n) is 9.58. The number of benzene rings is 1. The summed E-state index contributed by atoms with van der Waals surface area (Å²) in [6, 6.07) is 7.40. The van der Waals surface area contributed by atoms with Gasteiger partial charge in [0.15, 0.2) is 0 Å². The van der Waals surface area contributed by atoms with E-state index in [4.69, 9.17) is 0 Å². The molecule has 0 saturated carbocycles. The number of hydrogen-bond donors (Lipinski definition) is 2. The Balaban J connectivity index is 2.03. The van der Waals surface area contributed by atoms with E-state index in [-0.39, 0.29) is 0 Å². The lowest BCUT2D eigenvalue weighted by Crippen LogP contribution is -2.14. The minimum Gasteiger partial charge on any atom is -0.508 e. The van der Waals surface area contributed by atoms with Crippen molar-refractivity contribution in [3.05, 3.63) is 29.8 Å². The number of halogens is 1. The van der Waals surface area contributed by atoms with Gasteiger partial charge in [-0.1, -0.05) is 40.9 Å². The lowest BCUT2D eigenvalue weighted by molar-refractivity contribution is 0.474. The smallest absolute Gasteiger partial charge is 0.115 e. The van der Waals surface area contributed by atoms with E-state index >= 15 is 0 Å². The fourth-order valence-electron chi connectivity index (χ4n) is 1.60. The second kappa shape index (κ2) is 8.59. The summed E-state index contributed by atoms with van der Waals surface area (Å²) in [6.07, 6.45) is 5.09. The van der Waals surface area contributed by atoms with Gasteiger partial charge >= 0.3 is 0 Å². The molecule has 2 nitrogen and oxygen atoms in total. The van der Waals surface area contributed by atoms with Gasteiger partial charge in [-0.05, 0) is 37.1 Å². The molecule has 0 aliphatic carbocycles. The maximum atomic E-state index is 9.28. The van der Waals surface area contributed by atoms with E-state index in [0.29, 0.717) is 5.75 Å². The summed E-state index contributed by atoms with van der Waals surface area (Å²) in [5.41, 5.74) is 1.14. The highest BCUT2D eigenvalue weighted by atomic mass is 79.9. The van der Waals surface area contributed by atoms with Crippen LogP contribution < -0.4 is 5.32 Å². The Hall–Kier alpha value is -0.540. The molecule has 0 saturated heterocycles. The average molecular weight is 286 g/mol. The van der Waals surface area contributed by atoms with Gasteiger partial charge < -0.3 is 10.4 Å². The molecule has 90 valence electrons. The van der Waals surface area contributed by atoms with Gasteiger partial charge in [0.1, 0.15) is 5.75 Å². The van der Waals surface area contributed by atoms with Crippen molar-refractivity contribution in [3.8, 4) is 5.75 Å². The van der Waals surface area contributed by atoms with Crippen LogP contribution in [-0.4, -0.2) is 17.0 Å². The third-order valence-corrected chi connectivity index (χ3v) is 3.04. The summed E-state index contributed by atoms with van der Waals surface area (Å²) < 4.78 is 0. The summed E-state index contributed by atoms with van der Waals surface area (Å²) in [5, 5.41) is 13.8. The number of alkyl halides is 1. The van der Waals surface area contributed by atoms with E-state index < -0.39 is 0 Å². The fraction of sp³-hybridized carbons (Fsp3) is 0.538. The Morgan fingerprint density at radius 2 is 1.94 bits per heavy atom. The molecule has 0 fully saturated rings. The van der Waals surface area contributed by atoms with E-state index in [1.54, 1.807) is 12.1 Å². The maximum absolute atomic E-state index is 9.28. The molecule has 0 unspecified atom stereocenters. The molecule has 0 atom stereocenters. The van der Waals surface area contributed by atoms with Crippen LogP contribution in [0.4, 0.5) is 0 Å². The summed E-state index contributed by atoms with van der Waals surface area (Å²) in [6.45, 7) is 1.89. The zero-order valence-corrected chi connectivity index (χ0v) is 11.2. The first-order valence-electron chi connectivity index (χ1n) is 5.87. The van der Waals surface area contributed by atoms with Crippen LogP contribution in [0.15, 0.2) is 24.3 Å². The van der Waals surface area contributed by atoms with Gasteiger partial charge in [-0.25, -0.2) is 0 Å². The van der Waals surface area contributed by atoms with Crippen LogP contribution >= 0.6 is 15.9 Å². The summed E-state index contributed by atoms with van der Waals surface area (Å²) in [4.78, 5) is 0. The van der Waals surface area contributed by atoms with Crippen LogP contribution in [0.3, 0.4) is 0 Å². The SMILES string of the molecule is Oc1cccc(CNCCCCCCBr)c1. The number of phenolic OH excluding ortho intramolecular Hbond substituents is 1. The van der Waals surface area contributed by atoms with Gasteiger partial charge in [-0.2, -0.15) is 0 Å². The molecular formula is C13H20BrNO. The summed E-state index contributed by atoms with van der Waals surface area (Å²) in [7, 11) is 0. The standard InChI is InChI=1S/C13H20BrNO/c14-8-3-1-2-4-9-15-11-12-6-5-7-13(16)10-12/h5-7,10,15-16H,1-4,8-9,11H2. The third-order valence-electron chi connectivity index (χ3n) is 2.48. The summed E-state index contributed by atoms with van der Waals surface area (Å²) >= 11 is 3.43. The van der Waals surface area contributed by atoms with Gasteiger partial charge in [0.25, 0.3) is 0 Å². The number of unbranched alkanes of at least 4 members (excludes halogenated alkanes) is 3. The van der Waals surface area contributed by atoms with Crippen molar-refractivity contribution in [3.63, 3.8) is 0 Å². The van der Waals surface area contributed by atoms with Crippen molar-refractivity contribution in [1.82, 2.24) is 5.32 Å². The Morgan fingerprint density at radius 3 is 2.69 bits per heavy atom. The van der Waals surface area contributed by atoms with Crippen molar-refractivity contribution in [2.75, 3.05) is 11.9 Å². The number of nitrogens with one attached hydrogen (secondary N) is 1. The van der Waals surface area contributed by atoms with E-state index in [2.05, 4.69) is 21.2 Å². The molecule has 0 aliphatic rings. The number of rotatable bonds is 8. The van der Waals surface area contributed by atoms with Crippen LogP contribution in [-0.2, 0) is 6.54 Å². The quantitative estimate of drug-likeness (QED) is 0.567. The van der Waals surface area contributed by atoms with Gasteiger partial charge in [0, 0.05) is 11.9 Å². The molecule has 1 aromatic carbocycles. The molecule has 0 radical (unpaired) electrons. The van der Waals surface area contributed by atoms with Crippen LogP contribution in [0.25, 0.3) is 0 Å². The molecule has 0 aromatic heterocycles.